The Labute approximate surface area is 205 Å². The predicted octanol–water partition coefficient (Wildman–Crippen LogP) is 5.77. The Balaban J connectivity index is 1.96. The first kappa shape index (κ1) is 24.1. The third-order valence-corrected chi connectivity index (χ3v) is 6.26. The lowest BCUT2D eigenvalue weighted by Gasteiger charge is -2.26. The van der Waals surface area contributed by atoms with Crippen molar-refractivity contribution in [3.8, 4) is 11.5 Å². The minimum atomic E-state index is -0.860. The van der Waals surface area contributed by atoms with Gasteiger partial charge in [-0.3, -0.25) is 14.5 Å². The summed E-state index contributed by atoms with van der Waals surface area (Å²) in [6, 6.07) is 16.3. The van der Waals surface area contributed by atoms with Crippen molar-refractivity contribution in [1.29, 1.82) is 0 Å². The molecule has 0 bridgehead atoms. The van der Waals surface area contributed by atoms with Crippen LogP contribution in [0.15, 0.2) is 66.2 Å². The Morgan fingerprint density at radius 3 is 2.14 bits per heavy atom. The lowest BCUT2D eigenvalue weighted by atomic mass is 9.93. The number of methoxy groups -OCH3 is 1. The van der Waals surface area contributed by atoms with Gasteiger partial charge in [0.25, 0.3) is 11.7 Å². The highest BCUT2D eigenvalue weighted by Gasteiger charge is 2.47. The van der Waals surface area contributed by atoms with Gasteiger partial charge < -0.3 is 14.9 Å². The number of aliphatic hydroxyl groups is 1. The monoisotopic (exact) mass is 471 g/mol. The van der Waals surface area contributed by atoms with Crippen LogP contribution >= 0.6 is 0 Å². The number of nitrogens with zero attached hydrogens (tertiary/aromatic N) is 1. The van der Waals surface area contributed by atoms with Gasteiger partial charge in [-0.05, 0) is 84.5 Å². The zero-order chi connectivity index (χ0) is 25.4. The molecule has 1 aliphatic rings. The van der Waals surface area contributed by atoms with E-state index in [0.717, 1.165) is 16.7 Å². The number of ketones is 1. The second kappa shape index (κ2) is 9.29. The summed E-state index contributed by atoms with van der Waals surface area (Å²) >= 11 is 0. The van der Waals surface area contributed by atoms with Crippen LogP contribution in [0.3, 0.4) is 0 Å². The number of anilines is 1. The van der Waals surface area contributed by atoms with Crippen LogP contribution in [0, 0.1) is 13.8 Å². The fraction of sp³-hybridized carbons (Fsp3) is 0.241. The van der Waals surface area contributed by atoms with Gasteiger partial charge in [-0.2, -0.15) is 0 Å². The van der Waals surface area contributed by atoms with Gasteiger partial charge in [-0.1, -0.05) is 32.0 Å². The van der Waals surface area contributed by atoms with Crippen LogP contribution in [0.25, 0.3) is 5.76 Å². The average molecular weight is 472 g/mol. The second-order valence-corrected chi connectivity index (χ2v) is 9.22. The first-order valence-electron chi connectivity index (χ1n) is 11.5. The van der Waals surface area contributed by atoms with E-state index in [4.69, 9.17) is 4.74 Å². The molecule has 35 heavy (non-hydrogen) atoms. The van der Waals surface area contributed by atoms with Crippen LogP contribution in [0.5, 0.6) is 11.5 Å². The van der Waals surface area contributed by atoms with Gasteiger partial charge in [0, 0.05) is 11.3 Å². The maximum Gasteiger partial charge on any atom is 0.300 e. The normalized spacial score (nSPS) is 17.3. The molecular formula is C29H29NO5. The first-order valence-corrected chi connectivity index (χ1v) is 11.5. The maximum atomic E-state index is 13.4. The van der Waals surface area contributed by atoms with Crippen molar-refractivity contribution in [3.63, 3.8) is 0 Å². The van der Waals surface area contributed by atoms with Crippen LogP contribution in [0.4, 0.5) is 5.69 Å². The number of hydrogen-bond acceptors (Lipinski definition) is 5. The smallest absolute Gasteiger partial charge is 0.300 e. The topological polar surface area (TPSA) is 87.1 Å². The highest BCUT2D eigenvalue weighted by molar-refractivity contribution is 6.51. The Bertz CT molecular complexity index is 1320. The number of rotatable bonds is 5. The lowest BCUT2D eigenvalue weighted by molar-refractivity contribution is -0.132. The number of benzene rings is 3. The molecular weight excluding hydrogens is 442 g/mol. The molecule has 0 aliphatic carbocycles. The van der Waals surface area contributed by atoms with Gasteiger partial charge >= 0.3 is 0 Å². The summed E-state index contributed by atoms with van der Waals surface area (Å²) in [4.78, 5) is 28.2. The summed E-state index contributed by atoms with van der Waals surface area (Å²) < 4.78 is 5.45. The highest BCUT2D eigenvalue weighted by atomic mass is 16.5. The van der Waals surface area contributed by atoms with Crippen molar-refractivity contribution in [2.75, 3.05) is 12.0 Å². The van der Waals surface area contributed by atoms with Crippen LogP contribution < -0.4 is 9.64 Å². The minimum Gasteiger partial charge on any atom is -0.508 e. The molecule has 0 spiro atoms. The van der Waals surface area contributed by atoms with Gasteiger partial charge in [0.2, 0.25) is 0 Å². The molecule has 3 aromatic carbocycles. The molecule has 4 rings (SSSR count). The molecule has 1 heterocycles. The number of ether oxygens (including phenoxy) is 1. The molecule has 1 fully saturated rings. The van der Waals surface area contributed by atoms with Gasteiger partial charge in [-0.25, -0.2) is 0 Å². The third-order valence-electron chi connectivity index (χ3n) is 6.26. The van der Waals surface area contributed by atoms with E-state index in [0.29, 0.717) is 22.6 Å². The molecule has 0 saturated carbocycles. The van der Waals surface area contributed by atoms with Crippen molar-refractivity contribution < 1.29 is 24.5 Å². The van der Waals surface area contributed by atoms with Crippen LogP contribution in [-0.2, 0) is 9.59 Å². The average Bonchev–Trinajstić information content (AvgIpc) is 3.08. The Hall–Kier alpha value is -4.06. The third kappa shape index (κ3) is 4.39. The molecule has 1 amide bonds. The number of hydrogen-bond donors (Lipinski definition) is 2. The van der Waals surface area contributed by atoms with E-state index >= 15 is 0 Å². The second-order valence-electron chi connectivity index (χ2n) is 9.22. The van der Waals surface area contributed by atoms with E-state index in [9.17, 15) is 19.8 Å². The van der Waals surface area contributed by atoms with Gasteiger partial charge in [0.1, 0.15) is 17.3 Å². The van der Waals surface area contributed by atoms with Crippen molar-refractivity contribution in [2.45, 2.75) is 39.7 Å². The zero-order valence-electron chi connectivity index (χ0n) is 20.5. The minimum absolute atomic E-state index is 0.000257. The van der Waals surface area contributed by atoms with E-state index in [1.165, 1.54) is 17.0 Å². The fourth-order valence-corrected chi connectivity index (χ4v) is 4.65. The zero-order valence-corrected chi connectivity index (χ0v) is 20.5. The molecule has 1 unspecified atom stereocenters. The van der Waals surface area contributed by atoms with Gasteiger partial charge in [0.05, 0.1) is 18.7 Å². The summed E-state index contributed by atoms with van der Waals surface area (Å²) in [6.45, 7) is 7.87. The molecule has 1 aliphatic heterocycles. The fourth-order valence-electron chi connectivity index (χ4n) is 4.65. The molecule has 0 aromatic heterocycles. The Morgan fingerprint density at radius 2 is 1.57 bits per heavy atom. The molecule has 1 saturated heterocycles. The predicted molar refractivity (Wildman–Crippen MR) is 136 cm³/mol. The van der Waals surface area contributed by atoms with Crippen molar-refractivity contribution in [3.05, 3.63) is 94.1 Å². The lowest BCUT2D eigenvalue weighted by Crippen LogP contribution is -2.29. The number of carbonyl (C=O) groups is 2. The van der Waals surface area contributed by atoms with Crippen molar-refractivity contribution in [2.24, 2.45) is 0 Å². The summed E-state index contributed by atoms with van der Waals surface area (Å²) in [5.74, 6) is -0.869. The number of phenols is 1. The van der Waals surface area contributed by atoms with Crippen LogP contribution in [0.2, 0.25) is 0 Å². The molecule has 6 heteroatoms. The molecule has 180 valence electrons. The first-order chi connectivity index (χ1) is 16.6. The highest BCUT2D eigenvalue weighted by Crippen LogP contribution is 2.43. The van der Waals surface area contributed by atoms with Crippen molar-refractivity contribution in [1.82, 2.24) is 0 Å². The standard InChI is InChI=1S/C29H29NO5/c1-16(2)23-15-20(8-11-24(23)35-5)27(32)25-26(19-6-9-22(31)10-7-19)30(29(34)28(25)33)21-13-17(3)12-18(4)14-21/h6-16,26,31-32H,1-5H3/b27-25-. The van der Waals surface area contributed by atoms with E-state index < -0.39 is 17.7 Å². The van der Waals surface area contributed by atoms with Gasteiger partial charge in [0.15, 0.2) is 0 Å². The van der Waals surface area contributed by atoms with E-state index in [1.807, 2.05) is 45.9 Å². The molecule has 6 nitrogen and oxygen atoms in total. The molecule has 2 N–H and O–H groups in total. The molecule has 3 aromatic rings. The number of aliphatic hydroxyl groups excluding tert-OH is 1. The van der Waals surface area contributed by atoms with E-state index in [2.05, 4.69) is 0 Å². The SMILES string of the molecule is COc1ccc(/C(O)=C2/C(=O)C(=O)N(c3cc(C)cc(C)c3)C2c2ccc(O)cc2)cc1C(C)C. The van der Waals surface area contributed by atoms with Gasteiger partial charge in [-0.15, -0.1) is 0 Å². The summed E-state index contributed by atoms with van der Waals surface area (Å²) in [5.41, 5.74) is 4.36. The Morgan fingerprint density at radius 1 is 0.943 bits per heavy atom. The largest absolute Gasteiger partial charge is 0.508 e. The summed E-state index contributed by atoms with van der Waals surface area (Å²) in [7, 11) is 1.58. The van der Waals surface area contributed by atoms with Crippen LogP contribution in [0.1, 0.15) is 53.6 Å². The molecule has 0 radical (unpaired) electrons. The maximum absolute atomic E-state index is 13.4. The number of aryl methyl sites for hydroxylation is 2. The summed E-state index contributed by atoms with van der Waals surface area (Å²) in [5, 5.41) is 21.3. The van der Waals surface area contributed by atoms with Crippen molar-refractivity contribution >= 4 is 23.1 Å². The number of aromatic hydroxyl groups is 1. The number of phenolic OH excluding ortho intramolecular Hbond substituents is 1. The quantitative estimate of drug-likeness (QED) is 0.280. The Kier molecular flexibility index (Phi) is 6.39. The summed E-state index contributed by atoms with van der Waals surface area (Å²) in [6.07, 6.45) is 0. The molecule has 1 atom stereocenters. The van der Waals surface area contributed by atoms with Crippen LogP contribution in [-0.4, -0.2) is 29.0 Å². The number of Topliss-reactive ketones (excluding diaryl/α,β-unsaturated/α-hetero) is 1. The van der Waals surface area contributed by atoms with E-state index in [-0.39, 0.29) is 23.0 Å². The van der Waals surface area contributed by atoms with E-state index in [1.54, 1.807) is 37.4 Å². The number of amides is 1. The number of carbonyl (C=O) groups excluding carboxylic acids is 2.